The van der Waals surface area contributed by atoms with Crippen molar-refractivity contribution in [3.05, 3.63) is 59.3 Å². The molecule has 3 atom stereocenters. The van der Waals surface area contributed by atoms with E-state index in [1.165, 1.54) is 11.1 Å². The summed E-state index contributed by atoms with van der Waals surface area (Å²) < 4.78 is 0. The predicted octanol–water partition coefficient (Wildman–Crippen LogP) is 2.53. The molecule has 2 aromatic rings. The number of hydrogen-bond donors (Lipinski definition) is 2. The van der Waals surface area contributed by atoms with Crippen LogP contribution in [0, 0.1) is 11.8 Å². The van der Waals surface area contributed by atoms with E-state index in [0.717, 1.165) is 30.4 Å². The van der Waals surface area contributed by atoms with Crippen LogP contribution in [-0.2, 0) is 13.0 Å². The van der Waals surface area contributed by atoms with Crippen LogP contribution in [0.15, 0.2) is 42.5 Å². The third kappa shape index (κ3) is 3.18. The first-order chi connectivity index (χ1) is 12.1. The van der Waals surface area contributed by atoms with Crippen LogP contribution in [0.3, 0.4) is 0 Å². The van der Waals surface area contributed by atoms with Gasteiger partial charge in [0.1, 0.15) is 5.82 Å². The number of anilines is 1. The zero-order valence-corrected chi connectivity index (χ0v) is 14.7. The Labute approximate surface area is 148 Å². The maximum atomic E-state index is 12.1. The van der Waals surface area contributed by atoms with Crippen LogP contribution in [0.4, 0.5) is 10.6 Å². The first kappa shape index (κ1) is 15.9. The Morgan fingerprint density at radius 3 is 2.84 bits per heavy atom. The second kappa shape index (κ2) is 6.39. The van der Waals surface area contributed by atoms with Crippen molar-refractivity contribution in [3.63, 3.8) is 0 Å². The first-order valence-electron chi connectivity index (χ1n) is 8.86. The maximum Gasteiger partial charge on any atom is 0.315 e. The minimum absolute atomic E-state index is 0.115. The second-order valence-electron chi connectivity index (χ2n) is 7.20. The summed E-state index contributed by atoms with van der Waals surface area (Å²) in [6, 6.07) is 14.4. The average molecular weight is 336 g/mol. The van der Waals surface area contributed by atoms with Gasteiger partial charge in [-0.2, -0.15) is 0 Å². The van der Waals surface area contributed by atoms with Crippen LogP contribution >= 0.6 is 0 Å². The summed E-state index contributed by atoms with van der Waals surface area (Å²) in [5, 5.41) is 5.93. The molecule has 0 aliphatic heterocycles. The predicted molar refractivity (Wildman–Crippen MR) is 98.7 cm³/mol. The van der Waals surface area contributed by atoms with Crippen molar-refractivity contribution in [1.82, 2.24) is 15.6 Å². The summed E-state index contributed by atoms with van der Waals surface area (Å²) in [6.07, 6.45) is 1.16. The molecule has 0 spiro atoms. The van der Waals surface area contributed by atoms with Crippen LogP contribution in [0.1, 0.15) is 22.7 Å². The number of nitrogens with zero attached hydrogens (tertiary/aromatic N) is 2. The number of fused-ring (bicyclic) bond motifs is 3. The lowest BCUT2D eigenvalue weighted by Crippen LogP contribution is -2.36. The molecule has 1 saturated carbocycles. The van der Waals surface area contributed by atoms with E-state index in [-0.39, 0.29) is 6.03 Å². The van der Waals surface area contributed by atoms with E-state index >= 15 is 0 Å². The molecule has 2 aliphatic rings. The van der Waals surface area contributed by atoms with Gasteiger partial charge in [-0.15, -0.1) is 0 Å². The van der Waals surface area contributed by atoms with Crippen molar-refractivity contribution in [2.45, 2.75) is 18.9 Å². The molecule has 1 aromatic heterocycles. The fourth-order valence-electron chi connectivity index (χ4n) is 4.02. The number of rotatable bonds is 5. The van der Waals surface area contributed by atoms with Gasteiger partial charge in [-0.3, -0.25) is 0 Å². The lowest BCUT2D eigenvalue weighted by atomic mass is 10.0. The van der Waals surface area contributed by atoms with Gasteiger partial charge in [0.25, 0.3) is 0 Å². The highest BCUT2D eigenvalue weighted by atomic mass is 16.2. The fourth-order valence-corrected chi connectivity index (χ4v) is 4.02. The van der Waals surface area contributed by atoms with Gasteiger partial charge in [0.05, 0.1) is 12.2 Å². The van der Waals surface area contributed by atoms with Crippen LogP contribution < -0.4 is 15.5 Å². The topological polar surface area (TPSA) is 57.3 Å². The quantitative estimate of drug-likeness (QED) is 0.882. The molecule has 0 saturated heterocycles. The molecule has 130 valence electrons. The van der Waals surface area contributed by atoms with Crippen molar-refractivity contribution in [2.75, 3.05) is 25.5 Å². The zero-order valence-electron chi connectivity index (χ0n) is 14.7. The Bertz CT molecular complexity index is 789. The minimum Gasteiger partial charge on any atom is -0.363 e. The summed E-state index contributed by atoms with van der Waals surface area (Å²) in [4.78, 5) is 18.5. The van der Waals surface area contributed by atoms with Crippen LogP contribution in [0.25, 0.3) is 0 Å². The molecule has 5 nitrogen and oxygen atoms in total. The molecule has 4 rings (SSSR count). The fraction of sp³-hybridized carbons (Fsp3) is 0.400. The minimum atomic E-state index is -0.115. The highest BCUT2D eigenvalue weighted by Gasteiger charge is 2.54. The molecule has 5 heteroatoms. The Kier molecular flexibility index (Phi) is 4.07. The number of amides is 2. The van der Waals surface area contributed by atoms with E-state index in [9.17, 15) is 4.79 Å². The second-order valence-corrected chi connectivity index (χ2v) is 7.20. The van der Waals surface area contributed by atoms with Gasteiger partial charge in [-0.05, 0) is 47.4 Å². The van der Waals surface area contributed by atoms with E-state index in [0.29, 0.717) is 18.4 Å². The molecule has 2 N–H and O–H groups in total. The normalized spacial score (nSPS) is 22.7. The molecular formula is C20H24N4O. The maximum absolute atomic E-state index is 12.1. The summed E-state index contributed by atoms with van der Waals surface area (Å²) in [5.41, 5.74) is 3.84. The lowest BCUT2D eigenvalue weighted by molar-refractivity contribution is 0.239. The number of nitrogens with one attached hydrogen (secondary N) is 2. The largest absolute Gasteiger partial charge is 0.363 e. The molecule has 2 aliphatic carbocycles. The average Bonchev–Trinajstić information content (AvgIpc) is 3.16. The molecule has 2 amide bonds. The van der Waals surface area contributed by atoms with E-state index in [2.05, 4.69) is 39.9 Å². The highest BCUT2D eigenvalue weighted by molar-refractivity contribution is 5.73. The van der Waals surface area contributed by atoms with Gasteiger partial charge in [-0.1, -0.05) is 30.3 Å². The number of benzene rings is 1. The van der Waals surface area contributed by atoms with Gasteiger partial charge in [0, 0.05) is 20.6 Å². The molecular weight excluding hydrogens is 312 g/mol. The van der Waals surface area contributed by atoms with E-state index in [4.69, 9.17) is 0 Å². The summed E-state index contributed by atoms with van der Waals surface area (Å²) in [5.74, 6) is 2.85. The number of carbonyl (C=O) groups is 1. The van der Waals surface area contributed by atoms with Crippen molar-refractivity contribution < 1.29 is 4.79 Å². The summed E-state index contributed by atoms with van der Waals surface area (Å²) in [7, 11) is 3.91. The molecule has 0 unspecified atom stereocenters. The Balaban J connectivity index is 1.24. The van der Waals surface area contributed by atoms with E-state index < -0.39 is 0 Å². The number of urea groups is 1. The van der Waals surface area contributed by atoms with Crippen LogP contribution in [0.2, 0.25) is 0 Å². The Morgan fingerprint density at radius 1 is 1.16 bits per heavy atom. The third-order valence-corrected chi connectivity index (χ3v) is 5.38. The molecule has 25 heavy (non-hydrogen) atoms. The van der Waals surface area contributed by atoms with Gasteiger partial charge in [0.15, 0.2) is 0 Å². The zero-order chi connectivity index (χ0) is 17.4. The number of hydrogen-bond acceptors (Lipinski definition) is 3. The SMILES string of the molecule is CN(C)c1cccc(CNC(=O)NC[C@@H]2[C@@H]3Cc4ccccc4[C@H]23)n1. The molecule has 1 heterocycles. The van der Waals surface area contributed by atoms with Crippen LogP contribution in [0.5, 0.6) is 0 Å². The molecule has 0 bridgehead atoms. The van der Waals surface area contributed by atoms with Crippen molar-refractivity contribution >= 4 is 11.8 Å². The molecule has 0 radical (unpaired) electrons. The number of carbonyl (C=O) groups excluding carboxylic acids is 1. The Hall–Kier alpha value is -2.56. The molecule has 1 aromatic carbocycles. The van der Waals surface area contributed by atoms with Gasteiger partial charge >= 0.3 is 6.03 Å². The van der Waals surface area contributed by atoms with Gasteiger partial charge in [-0.25, -0.2) is 9.78 Å². The summed E-state index contributed by atoms with van der Waals surface area (Å²) in [6.45, 7) is 1.19. The third-order valence-electron chi connectivity index (χ3n) is 5.38. The monoisotopic (exact) mass is 336 g/mol. The van der Waals surface area contributed by atoms with Crippen molar-refractivity contribution in [2.24, 2.45) is 11.8 Å². The molecule has 1 fully saturated rings. The first-order valence-corrected chi connectivity index (χ1v) is 8.86. The van der Waals surface area contributed by atoms with Crippen molar-refractivity contribution in [1.29, 1.82) is 0 Å². The van der Waals surface area contributed by atoms with E-state index in [1.807, 2.05) is 37.2 Å². The van der Waals surface area contributed by atoms with E-state index in [1.54, 1.807) is 0 Å². The van der Waals surface area contributed by atoms with Crippen molar-refractivity contribution in [3.8, 4) is 0 Å². The smallest absolute Gasteiger partial charge is 0.315 e. The summed E-state index contributed by atoms with van der Waals surface area (Å²) >= 11 is 0. The number of aromatic nitrogens is 1. The lowest BCUT2D eigenvalue weighted by Gasteiger charge is -2.13. The Morgan fingerprint density at radius 2 is 2.00 bits per heavy atom. The van der Waals surface area contributed by atoms with Gasteiger partial charge < -0.3 is 15.5 Å². The van der Waals surface area contributed by atoms with Gasteiger partial charge in [0.2, 0.25) is 0 Å². The van der Waals surface area contributed by atoms with Crippen LogP contribution in [-0.4, -0.2) is 31.7 Å². The number of pyridine rings is 1. The standard InChI is InChI=1S/C20H24N4O/c1-24(2)18-9-5-7-14(23-18)11-21-20(25)22-12-17-16-10-13-6-3-4-8-15(13)19(16)17/h3-9,16-17,19H,10-12H2,1-2H3,(H2,21,22,25)/t16-,17+,19-/m0/s1. The highest BCUT2D eigenvalue weighted by Crippen LogP contribution is 2.60.